The number of carboxylic acids is 1. The molecule has 5 nitrogen and oxygen atoms in total. The fourth-order valence-electron chi connectivity index (χ4n) is 3.19. The van der Waals surface area contributed by atoms with Gasteiger partial charge in [-0.15, -0.1) is 0 Å². The maximum Gasteiger partial charge on any atom is 0.335 e. The predicted molar refractivity (Wildman–Crippen MR) is 107 cm³/mol. The molecule has 0 atom stereocenters. The molecule has 0 fully saturated rings. The molecule has 5 heteroatoms. The molecule has 0 spiro atoms. The summed E-state index contributed by atoms with van der Waals surface area (Å²) in [5, 5.41) is 9.04. The minimum absolute atomic E-state index is 0.158. The van der Waals surface area contributed by atoms with Crippen LogP contribution in [0.15, 0.2) is 78.4 Å². The second-order valence-electron chi connectivity index (χ2n) is 6.63. The molecule has 142 valence electrons. The highest BCUT2D eigenvalue weighted by molar-refractivity contribution is 6.41. The summed E-state index contributed by atoms with van der Waals surface area (Å²) in [5.74, 6) is -0.906. The number of Topliss-reactive ketones (excluding diaryl/α,β-unsaturated/α-hetero) is 2. The number of hydrogen-bond donors (Lipinski definition) is 1. The van der Waals surface area contributed by atoms with E-state index in [0.29, 0.717) is 16.9 Å². The lowest BCUT2D eigenvalue weighted by atomic mass is 10.1. The number of ether oxygens (including phenoxy) is 1. The Morgan fingerprint density at radius 2 is 1.52 bits per heavy atom. The number of carbonyl (C=O) groups is 3. The quantitative estimate of drug-likeness (QED) is 0.520. The van der Waals surface area contributed by atoms with Crippen molar-refractivity contribution >= 4 is 23.6 Å². The Morgan fingerprint density at radius 3 is 2.14 bits per heavy atom. The van der Waals surface area contributed by atoms with Gasteiger partial charge in [-0.1, -0.05) is 48.5 Å². The van der Waals surface area contributed by atoms with Crippen LogP contribution in [-0.4, -0.2) is 22.6 Å². The maximum absolute atomic E-state index is 12.5. The zero-order chi connectivity index (χ0) is 20.4. The van der Waals surface area contributed by atoms with Crippen LogP contribution in [0.2, 0.25) is 0 Å². The van der Waals surface area contributed by atoms with E-state index in [1.165, 1.54) is 6.07 Å². The third kappa shape index (κ3) is 3.71. The number of hydrogen-bond acceptors (Lipinski definition) is 4. The van der Waals surface area contributed by atoms with E-state index in [2.05, 4.69) is 0 Å². The molecule has 0 bridgehead atoms. The van der Waals surface area contributed by atoms with Crippen molar-refractivity contribution in [1.82, 2.24) is 0 Å². The van der Waals surface area contributed by atoms with Crippen molar-refractivity contribution < 1.29 is 24.2 Å². The number of carboxylic acid groups (broad SMARTS) is 1. The largest absolute Gasteiger partial charge is 0.489 e. The van der Waals surface area contributed by atoms with Crippen LogP contribution in [0, 0.1) is 0 Å². The van der Waals surface area contributed by atoms with E-state index in [1.54, 1.807) is 72.8 Å². The molecular formula is C24H16O5. The van der Waals surface area contributed by atoms with E-state index < -0.39 is 5.97 Å². The lowest BCUT2D eigenvalue weighted by Crippen LogP contribution is -2.01. The maximum atomic E-state index is 12.5. The van der Waals surface area contributed by atoms with Crippen LogP contribution in [-0.2, 0) is 6.61 Å². The van der Waals surface area contributed by atoms with E-state index in [1.807, 2.05) is 0 Å². The number of ketones is 2. The summed E-state index contributed by atoms with van der Waals surface area (Å²) in [6.45, 7) is 0.230. The second kappa shape index (κ2) is 7.56. The topological polar surface area (TPSA) is 80.7 Å². The first-order valence-electron chi connectivity index (χ1n) is 8.98. The summed E-state index contributed by atoms with van der Waals surface area (Å²) < 4.78 is 5.70. The first-order chi connectivity index (χ1) is 14.0. The molecular weight excluding hydrogens is 368 g/mol. The van der Waals surface area contributed by atoms with Gasteiger partial charge in [0, 0.05) is 11.1 Å². The van der Waals surface area contributed by atoms with Crippen LogP contribution >= 0.6 is 0 Å². The summed E-state index contributed by atoms with van der Waals surface area (Å²) in [6, 6.07) is 20.4. The second-order valence-corrected chi connectivity index (χ2v) is 6.63. The van der Waals surface area contributed by atoms with Gasteiger partial charge in [0.15, 0.2) is 11.6 Å². The monoisotopic (exact) mass is 384 g/mol. The van der Waals surface area contributed by atoms with E-state index in [4.69, 9.17) is 9.84 Å². The zero-order valence-electron chi connectivity index (χ0n) is 15.3. The Balaban J connectivity index is 1.47. The van der Waals surface area contributed by atoms with Crippen LogP contribution in [0.5, 0.6) is 5.75 Å². The molecule has 1 N–H and O–H groups in total. The number of rotatable bonds is 5. The Morgan fingerprint density at radius 1 is 0.862 bits per heavy atom. The first kappa shape index (κ1) is 18.4. The average Bonchev–Trinajstić information content (AvgIpc) is 2.98. The minimum Gasteiger partial charge on any atom is -0.489 e. The van der Waals surface area contributed by atoms with Crippen LogP contribution in [0.3, 0.4) is 0 Å². The van der Waals surface area contributed by atoms with Gasteiger partial charge in [0.25, 0.3) is 0 Å². The highest BCUT2D eigenvalue weighted by Crippen LogP contribution is 2.28. The molecule has 0 unspecified atom stereocenters. The van der Waals surface area contributed by atoms with Gasteiger partial charge in [-0.3, -0.25) is 9.59 Å². The Bertz CT molecular complexity index is 1120. The zero-order valence-corrected chi connectivity index (χ0v) is 15.3. The molecule has 3 aromatic rings. The van der Waals surface area contributed by atoms with Crippen LogP contribution in [0.1, 0.15) is 42.2 Å². The van der Waals surface area contributed by atoms with Crippen LogP contribution < -0.4 is 4.74 Å². The number of carbonyl (C=O) groups excluding carboxylic acids is 2. The van der Waals surface area contributed by atoms with Crippen molar-refractivity contribution in [2.75, 3.05) is 0 Å². The van der Waals surface area contributed by atoms with E-state index in [9.17, 15) is 14.4 Å². The van der Waals surface area contributed by atoms with Crippen molar-refractivity contribution in [3.05, 3.63) is 106 Å². The average molecular weight is 384 g/mol. The summed E-state index contributed by atoms with van der Waals surface area (Å²) >= 11 is 0. The van der Waals surface area contributed by atoms with Crippen LogP contribution in [0.25, 0.3) is 6.08 Å². The highest BCUT2D eigenvalue weighted by atomic mass is 16.5. The van der Waals surface area contributed by atoms with Crippen molar-refractivity contribution in [2.24, 2.45) is 0 Å². The normalized spacial score (nSPS) is 12.6. The Hall–Kier alpha value is -3.99. The molecule has 0 heterocycles. The van der Waals surface area contributed by atoms with E-state index >= 15 is 0 Å². The minimum atomic E-state index is -0.984. The molecule has 0 saturated carbocycles. The van der Waals surface area contributed by atoms with Crippen LogP contribution in [0.4, 0.5) is 0 Å². The lowest BCUT2D eigenvalue weighted by molar-refractivity contribution is 0.0696. The van der Waals surface area contributed by atoms with Crippen molar-refractivity contribution in [1.29, 1.82) is 0 Å². The van der Waals surface area contributed by atoms with E-state index in [-0.39, 0.29) is 29.3 Å². The fourth-order valence-corrected chi connectivity index (χ4v) is 3.19. The van der Waals surface area contributed by atoms with Gasteiger partial charge in [0.05, 0.1) is 11.1 Å². The summed E-state index contributed by atoms with van der Waals surface area (Å²) in [5.41, 5.74) is 2.70. The van der Waals surface area contributed by atoms with Crippen molar-refractivity contribution in [3.63, 3.8) is 0 Å². The first-order valence-corrected chi connectivity index (χ1v) is 8.98. The van der Waals surface area contributed by atoms with Gasteiger partial charge in [-0.25, -0.2) is 4.79 Å². The predicted octanol–water partition coefficient (Wildman–Crippen LogP) is 4.43. The molecule has 0 radical (unpaired) electrons. The summed E-state index contributed by atoms with van der Waals surface area (Å²) in [6.07, 6.45) is 1.59. The lowest BCUT2D eigenvalue weighted by Gasteiger charge is -2.07. The molecule has 0 saturated heterocycles. The third-order valence-electron chi connectivity index (χ3n) is 4.68. The van der Waals surface area contributed by atoms with Crippen molar-refractivity contribution in [2.45, 2.75) is 6.61 Å². The summed E-state index contributed by atoms with van der Waals surface area (Å²) in [7, 11) is 0. The molecule has 1 aliphatic carbocycles. The van der Waals surface area contributed by atoms with Gasteiger partial charge in [0.1, 0.15) is 12.4 Å². The van der Waals surface area contributed by atoms with E-state index in [0.717, 1.165) is 11.1 Å². The molecule has 29 heavy (non-hydrogen) atoms. The standard InChI is InChI=1S/C24H16O5/c25-22-19-6-1-2-7-20(19)23(26)21(22)13-15-8-10-18(11-9-15)29-14-16-4-3-5-17(12-16)24(27)28/h1-13H,14H2,(H,27,28). The summed E-state index contributed by atoms with van der Waals surface area (Å²) in [4.78, 5) is 35.9. The smallest absolute Gasteiger partial charge is 0.335 e. The Labute approximate surface area is 166 Å². The van der Waals surface area contributed by atoms with Gasteiger partial charge >= 0.3 is 5.97 Å². The highest BCUT2D eigenvalue weighted by Gasteiger charge is 2.32. The number of benzene rings is 3. The molecule has 4 rings (SSSR count). The van der Waals surface area contributed by atoms with Gasteiger partial charge < -0.3 is 9.84 Å². The molecule has 1 aliphatic rings. The number of fused-ring (bicyclic) bond motifs is 1. The van der Waals surface area contributed by atoms with Crippen molar-refractivity contribution in [3.8, 4) is 5.75 Å². The fraction of sp³-hybridized carbons (Fsp3) is 0.0417. The molecule has 0 aliphatic heterocycles. The number of allylic oxidation sites excluding steroid dienone is 1. The molecule has 3 aromatic carbocycles. The molecule has 0 aromatic heterocycles. The SMILES string of the molecule is O=C(O)c1cccc(COc2ccc(C=C3C(=O)c4ccccc4C3=O)cc2)c1. The van der Waals surface area contributed by atoms with Gasteiger partial charge in [0.2, 0.25) is 0 Å². The number of aromatic carboxylic acids is 1. The van der Waals surface area contributed by atoms with Gasteiger partial charge in [-0.05, 0) is 41.5 Å². The van der Waals surface area contributed by atoms with Gasteiger partial charge in [-0.2, -0.15) is 0 Å². The third-order valence-corrected chi connectivity index (χ3v) is 4.68. The Kier molecular flexibility index (Phi) is 4.79. The molecule has 0 amide bonds.